The van der Waals surface area contributed by atoms with Crippen molar-refractivity contribution < 1.29 is 4.79 Å². The van der Waals surface area contributed by atoms with Crippen LogP contribution in [-0.4, -0.2) is 17.7 Å². The van der Waals surface area contributed by atoms with E-state index in [-0.39, 0.29) is 11.9 Å². The molecule has 0 aromatic heterocycles. The van der Waals surface area contributed by atoms with Crippen LogP contribution in [-0.2, 0) is 4.79 Å². The Bertz CT molecular complexity index is 208. The third kappa shape index (κ3) is 1.98. The Balaban J connectivity index is 2.64. The minimum atomic E-state index is -0.280. The summed E-state index contributed by atoms with van der Waals surface area (Å²) in [4.78, 5) is 14.6. The highest BCUT2D eigenvalue weighted by molar-refractivity contribution is 6.03. The Labute approximate surface area is 66.0 Å². The second-order valence-corrected chi connectivity index (χ2v) is 2.64. The maximum Gasteiger partial charge on any atom is 0.269 e. The molecule has 1 aliphatic rings. The molecule has 1 saturated carbocycles. The molecule has 0 aliphatic heterocycles. The number of aliphatic imine (C=N–C) groups is 1. The molecule has 1 aliphatic carbocycles. The molecule has 0 bridgehead atoms. The third-order valence-electron chi connectivity index (χ3n) is 1.80. The van der Waals surface area contributed by atoms with Crippen LogP contribution in [0, 0.1) is 0 Å². The van der Waals surface area contributed by atoms with Gasteiger partial charge in [-0.3, -0.25) is 4.79 Å². The summed E-state index contributed by atoms with van der Waals surface area (Å²) < 4.78 is 0. The third-order valence-corrected chi connectivity index (χ3v) is 1.80. The van der Waals surface area contributed by atoms with Gasteiger partial charge in [-0.05, 0) is 25.3 Å². The molecule has 3 heteroatoms. The lowest BCUT2D eigenvalue weighted by Gasteiger charge is -2.00. The number of hydrogen-bond donors (Lipinski definition) is 1. The summed E-state index contributed by atoms with van der Waals surface area (Å²) in [5.74, 6) is -0.280. The first-order valence-corrected chi connectivity index (χ1v) is 3.73. The van der Waals surface area contributed by atoms with E-state index >= 15 is 0 Å². The minimum absolute atomic E-state index is 0.00102. The zero-order chi connectivity index (χ0) is 8.27. The van der Waals surface area contributed by atoms with Gasteiger partial charge in [0.15, 0.2) is 0 Å². The monoisotopic (exact) mass is 152 g/mol. The van der Waals surface area contributed by atoms with Gasteiger partial charge < -0.3 is 5.73 Å². The fraction of sp³-hybridized carbons (Fsp3) is 0.500. The molecule has 3 nitrogen and oxygen atoms in total. The molecule has 0 heterocycles. The fourth-order valence-electron chi connectivity index (χ4n) is 1.18. The van der Waals surface area contributed by atoms with Gasteiger partial charge in [-0.2, -0.15) is 0 Å². The number of rotatable bonds is 1. The van der Waals surface area contributed by atoms with Crippen LogP contribution in [0.15, 0.2) is 17.6 Å². The molecule has 2 N–H and O–H groups in total. The van der Waals surface area contributed by atoms with Crippen molar-refractivity contribution in [3.63, 3.8) is 0 Å². The van der Waals surface area contributed by atoms with Crippen molar-refractivity contribution in [2.24, 2.45) is 10.7 Å². The highest BCUT2D eigenvalue weighted by Gasteiger charge is 2.18. The van der Waals surface area contributed by atoms with Gasteiger partial charge in [0.25, 0.3) is 5.91 Å². The second-order valence-electron chi connectivity index (χ2n) is 2.64. The second kappa shape index (κ2) is 3.44. The van der Waals surface area contributed by atoms with Crippen molar-refractivity contribution >= 4 is 11.6 Å². The highest BCUT2D eigenvalue weighted by atomic mass is 16.1. The Morgan fingerprint density at radius 2 is 2.55 bits per heavy atom. The van der Waals surface area contributed by atoms with Crippen molar-refractivity contribution in [2.75, 3.05) is 0 Å². The van der Waals surface area contributed by atoms with Crippen molar-refractivity contribution in [3.05, 3.63) is 12.7 Å². The lowest BCUT2D eigenvalue weighted by atomic mass is 10.2. The Hall–Kier alpha value is -0.960. The van der Waals surface area contributed by atoms with Crippen molar-refractivity contribution in [3.8, 4) is 0 Å². The molecule has 0 unspecified atom stereocenters. The Morgan fingerprint density at radius 1 is 1.82 bits per heavy atom. The Kier molecular flexibility index (Phi) is 2.54. The molecule has 60 valence electrons. The van der Waals surface area contributed by atoms with Crippen molar-refractivity contribution in [2.45, 2.75) is 25.3 Å². The summed E-state index contributed by atoms with van der Waals surface area (Å²) in [5.41, 5.74) is 6.49. The van der Waals surface area contributed by atoms with Gasteiger partial charge in [0.05, 0.1) is 0 Å². The van der Waals surface area contributed by atoms with E-state index in [1.807, 2.05) is 0 Å². The van der Waals surface area contributed by atoms with E-state index in [1.165, 1.54) is 6.08 Å². The molecular weight excluding hydrogens is 140 g/mol. The van der Waals surface area contributed by atoms with E-state index in [0.717, 1.165) is 25.0 Å². The largest absolute Gasteiger partial charge is 0.323 e. The molecule has 0 radical (unpaired) electrons. The SMILES string of the molecule is C=CC(=O)N=C1CCC[C@H]1N. The van der Waals surface area contributed by atoms with Gasteiger partial charge in [0, 0.05) is 11.8 Å². The van der Waals surface area contributed by atoms with Crippen LogP contribution in [0.4, 0.5) is 0 Å². The molecule has 11 heavy (non-hydrogen) atoms. The van der Waals surface area contributed by atoms with Crippen molar-refractivity contribution in [1.29, 1.82) is 0 Å². The lowest BCUT2D eigenvalue weighted by molar-refractivity contribution is -0.113. The first-order valence-electron chi connectivity index (χ1n) is 3.73. The molecule has 0 saturated heterocycles. The quantitative estimate of drug-likeness (QED) is 0.561. The van der Waals surface area contributed by atoms with Gasteiger partial charge >= 0.3 is 0 Å². The predicted molar refractivity (Wildman–Crippen MR) is 44.5 cm³/mol. The van der Waals surface area contributed by atoms with E-state index < -0.39 is 0 Å². The van der Waals surface area contributed by atoms with Crippen LogP contribution in [0.1, 0.15) is 19.3 Å². The van der Waals surface area contributed by atoms with Crippen LogP contribution in [0.25, 0.3) is 0 Å². The van der Waals surface area contributed by atoms with Crippen LogP contribution in [0.2, 0.25) is 0 Å². The number of nitrogens with zero attached hydrogens (tertiary/aromatic N) is 1. The van der Waals surface area contributed by atoms with Gasteiger partial charge in [0.1, 0.15) is 0 Å². The van der Waals surface area contributed by atoms with Gasteiger partial charge in [-0.25, -0.2) is 4.99 Å². The molecule has 1 fully saturated rings. The normalized spacial score (nSPS) is 27.4. The van der Waals surface area contributed by atoms with Crippen LogP contribution in [0.5, 0.6) is 0 Å². The summed E-state index contributed by atoms with van der Waals surface area (Å²) >= 11 is 0. The maximum atomic E-state index is 10.8. The maximum absolute atomic E-state index is 10.8. The fourth-order valence-corrected chi connectivity index (χ4v) is 1.18. The van der Waals surface area contributed by atoms with Crippen molar-refractivity contribution in [1.82, 2.24) is 0 Å². The zero-order valence-electron chi connectivity index (χ0n) is 6.42. The molecular formula is C8H12N2O. The Morgan fingerprint density at radius 3 is 3.00 bits per heavy atom. The molecule has 1 rings (SSSR count). The average Bonchev–Trinajstić information content (AvgIpc) is 2.37. The van der Waals surface area contributed by atoms with Crippen LogP contribution < -0.4 is 5.73 Å². The van der Waals surface area contributed by atoms with E-state index in [9.17, 15) is 4.79 Å². The number of carbonyl (C=O) groups excluding carboxylic acids is 1. The average molecular weight is 152 g/mol. The van der Waals surface area contributed by atoms with Gasteiger partial charge in [-0.1, -0.05) is 6.58 Å². The molecule has 1 atom stereocenters. The number of carbonyl (C=O) groups is 1. The molecule has 0 aromatic carbocycles. The van der Waals surface area contributed by atoms with Gasteiger partial charge in [0.2, 0.25) is 0 Å². The first kappa shape index (κ1) is 8.14. The summed E-state index contributed by atoms with van der Waals surface area (Å²) in [6.45, 7) is 3.33. The smallest absolute Gasteiger partial charge is 0.269 e. The summed E-state index contributed by atoms with van der Waals surface area (Å²) in [5, 5.41) is 0. The number of nitrogens with two attached hydrogens (primary N) is 1. The van der Waals surface area contributed by atoms with Crippen LogP contribution in [0.3, 0.4) is 0 Å². The lowest BCUT2D eigenvalue weighted by Crippen LogP contribution is -2.25. The summed E-state index contributed by atoms with van der Waals surface area (Å²) in [7, 11) is 0. The number of hydrogen-bond acceptors (Lipinski definition) is 2. The minimum Gasteiger partial charge on any atom is -0.323 e. The standard InChI is InChI=1S/C8H12N2O/c1-2-8(11)10-7-5-3-4-6(7)9/h2,6H,1,3-5,9H2/t6-/m1/s1. The predicted octanol–water partition coefficient (Wildman–Crippen LogP) is 0.651. The van der Waals surface area contributed by atoms with E-state index in [2.05, 4.69) is 11.6 Å². The molecule has 1 amide bonds. The molecule has 0 spiro atoms. The van der Waals surface area contributed by atoms with E-state index in [1.54, 1.807) is 0 Å². The van der Waals surface area contributed by atoms with E-state index in [4.69, 9.17) is 5.73 Å². The summed E-state index contributed by atoms with van der Waals surface area (Å²) in [6, 6.07) is -0.00102. The van der Waals surface area contributed by atoms with Gasteiger partial charge in [-0.15, -0.1) is 0 Å². The topological polar surface area (TPSA) is 55.5 Å². The van der Waals surface area contributed by atoms with E-state index in [0.29, 0.717) is 0 Å². The number of amides is 1. The zero-order valence-corrected chi connectivity index (χ0v) is 6.42. The summed E-state index contributed by atoms with van der Waals surface area (Å²) in [6.07, 6.45) is 4.06. The van der Waals surface area contributed by atoms with Crippen LogP contribution >= 0.6 is 0 Å². The molecule has 0 aromatic rings. The highest BCUT2D eigenvalue weighted by Crippen LogP contribution is 2.13. The first-order chi connectivity index (χ1) is 5.24.